The molecule has 0 aliphatic heterocycles. The number of amides is 2. The van der Waals surface area contributed by atoms with E-state index in [1.165, 1.54) is 6.08 Å². The number of likely N-dealkylation sites (N-methyl/N-ethyl adjacent to an activating group) is 1. The molecule has 0 spiro atoms. The highest BCUT2D eigenvalue weighted by molar-refractivity contribution is 5.90. The van der Waals surface area contributed by atoms with Crippen molar-refractivity contribution in [2.45, 2.75) is 6.42 Å². The van der Waals surface area contributed by atoms with Crippen LogP contribution in [0.25, 0.3) is 6.08 Å². The van der Waals surface area contributed by atoms with E-state index in [2.05, 4.69) is 5.32 Å². The maximum Gasteiger partial charge on any atom is 0.241 e. The normalized spacial score (nSPS) is 10.3. The van der Waals surface area contributed by atoms with Gasteiger partial charge in [0.15, 0.2) is 0 Å². The Kier molecular flexibility index (Phi) is 4.27. The third-order valence-corrected chi connectivity index (χ3v) is 2.06. The summed E-state index contributed by atoms with van der Waals surface area (Å²) in [5, 5.41) is 2.55. The van der Waals surface area contributed by atoms with E-state index in [4.69, 9.17) is 5.73 Å². The van der Waals surface area contributed by atoms with Gasteiger partial charge in [0.25, 0.3) is 0 Å². The fraction of sp³-hybridized carbons (Fsp3) is 0.167. The minimum absolute atomic E-state index is 0.0274. The van der Waals surface area contributed by atoms with Crippen LogP contribution >= 0.6 is 0 Å². The number of carbonyl (C=O) groups is 2. The van der Waals surface area contributed by atoms with Crippen molar-refractivity contribution in [3.05, 3.63) is 41.5 Å². The number of nitrogens with one attached hydrogen (secondary N) is 1. The first kappa shape index (κ1) is 12.0. The SMILES string of the molecule is CNC(=O)Cc1ccc(C=CC(N)=O)cc1. The summed E-state index contributed by atoms with van der Waals surface area (Å²) in [6.45, 7) is 0. The summed E-state index contributed by atoms with van der Waals surface area (Å²) >= 11 is 0. The van der Waals surface area contributed by atoms with Gasteiger partial charge in [-0.15, -0.1) is 0 Å². The van der Waals surface area contributed by atoms with Gasteiger partial charge in [0.05, 0.1) is 6.42 Å². The maximum absolute atomic E-state index is 11.1. The Bertz CT molecular complexity index is 408. The molecule has 0 heterocycles. The van der Waals surface area contributed by atoms with E-state index in [0.717, 1.165) is 11.1 Å². The van der Waals surface area contributed by atoms with Crippen molar-refractivity contribution in [2.75, 3.05) is 7.05 Å². The largest absolute Gasteiger partial charge is 0.366 e. The van der Waals surface area contributed by atoms with Crippen LogP contribution in [0.5, 0.6) is 0 Å². The predicted molar refractivity (Wildman–Crippen MR) is 62.4 cm³/mol. The molecular formula is C12H14N2O2. The van der Waals surface area contributed by atoms with Gasteiger partial charge in [0.1, 0.15) is 0 Å². The molecule has 0 saturated heterocycles. The van der Waals surface area contributed by atoms with Crippen LogP contribution in [0.1, 0.15) is 11.1 Å². The molecule has 0 aromatic heterocycles. The van der Waals surface area contributed by atoms with E-state index >= 15 is 0 Å². The maximum atomic E-state index is 11.1. The quantitative estimate of drug-likeness (QED) is 0.721. The van der Waals surface area contributed by atoms with Crippen LogP contribution in [-0.2, 0) is 16.0 Å². The molecule has 1 aromatic rings. The summed E-state index contributed by atoms with van der Waals surface area (Å²) in [6.07, 6.45) is 3.29. The van der Waals surface area contributed by atoms with Crippen molar-refractivity contribution >= 4 is 17.9 Å². The Labute approximate surface area is 94.1 Å². The topological polar surface area (TPSA) is 72.2 Å². The molecule has 0 atom stereocenters. The van der Waals surface area contributed by atoms with E-state index in [1.54, 1.807) is 13.1 Å². The summed E-state index contributed by atoms with van der Waals surface area (Å²) in [5.74, 6) is -0.505. The van der Waals surface area contributed by atoms with Crippen LogP contribution in [0.15, 0.2) is 30.3 Å². The van der Waals surface area contributed by atoms with E-state index in [0.29, 0.717) is 6.42 Å². The molecule has 0 unspecified atom stereocenters. The molecular weight excluding hydrogens is 204 g/mol. The lowest BCUT2D eigenvalue weighted by Crippen LogP contribution is -2.19. The third kappa shape index (κ3) is 3.96. The first-order valence-electron chi connectivity index (χ1n) is 4.89. The van der Waals surface area contributed by atoms with Crippen molar-refractivity contribution in [3.63, 3.8) is 0 Å². The molecule has 1 aromatic carbocycles. The number of benzene rings is 1. The first-order chi connectivity index (χ1) is 7.61. The van der Waals surface area contributed by atoms with Gasteiger partial charge < -0.3 is 11.1 Å². The van der Waals surface area contributed by atoms with Crippen molar-refractivity contribution < 1.29 is 9.59 Å². The van der Waals surface area contributed by atoms with Gasteiger partial charge in [-0.25, -0.2) is 0 Å². The summed E-state index contributed by atoms with van der Waals surface area (Å²) in [6, 6.07) is 7.35. The standard InChI is InChI=1S/C12H14N2O2/c1-14-12(16)8-10-4-2-9(3-5-10)6-7-11(13)15/h2-7H,8H2,1H3,(H2,13,15)(H,14,16). The van der Waals surface area contributed by atoms with Crippen molar-refractivity contribution in [1.29, 1.82) is 0 Å². The molecule has 4 heteroatoms. The number of hydrogen-bond acceptors (Lipinski definition) is 2. The van der Waals surface area contributed by atoms with E-state index in [9.17, 15) is 9.59 Å². The lowest BCUT2D eigenvalue weighted by atomic mass is 10.1. The smallest absolute Gasteiger partial charge is 0.241 e. The molecule has 0 fully saturated rings. The van der Waals surface area contributed by atoms with Gasteiger partial charge in [-0.1, -0.05) is 24.3 Å². The highest BCUT2D eigenvalue weighted by atomic mass is 16.1. The van der Waals surface area contributed by atoms with Crippen LogP contribution in [0.4, 0.5) is 0 Å². The second kappa shape index (κ2) is 5.70. The Hall–Kier alpha value is -2.10. The second-order valence-electron chi connectivity index (χ2n) is 3.33. The average molecular weight is 218 g/mol. The van der Waals surface area contributed by atoms with Gasteiger partial charge in [-0.2, -0.15) is 0 Å². The first-order valence-corrected chi connectivity index (χ1v) is 4.89. The average Bonchev–Trinajstić information content (AvgIpc) is 2.28. The number of hydrogen-bond donors (Lipinski definition) is 2. The van der Waals surface area contributed by atoms with Crippen LogP contribution in [-0.4, -0.2) is 18.9 Å². The Morgan fingerprint density at radius 1 is 1.31 bits per heavy atom. The molecule has 4 nitrogen and oxygen atoms in total. The summed E-state index contributed by atoms with van der Waals surface area (Å²) in [7, 11) is 1.60. The van der Waals surface area contributed by atoms with Gasteiger partial charge in [0.2, 0.25) is 11.8 Å². The van der Waals surface area contributed by atoms with E-state index < -0.39 is 5.91 Å². The molecule has 2 amide bonds. The number of rotatable bonds is 4. The second-order valence-corrected chi connectivity index (χ2v) is 3.33. The van der Waals surface area contributed by atoms with Crippen LogP contribution in [0.2, 0.25) is 0 Å². The van der Waals surface area contributed by atoms with E-state index in [-0.39, 0.29) is 5.91 Å². The van der Waals surface area contributed by atoms with Crippen LogP contribution in [0.3, 0.4) is 0 Å². The Morgan fingerprint density at radius 3 is 2.44 bits per heavy atom. The predicted octanol–water partition coefficient (Wildman–Crippen LogP) is 0.474. The van der Waals surface area contributed by atoms with Gasteiger partial charge in [-0.05, 0) is 17.2 Å². The van der Waals surface area contributed by atoms with Crippen LogP contribution < -0.4 is 11.1 Å². The lowest BCUT2D eigenvalue weighted by molar-refractivity contribution is -0.120. The van der Waals surface area contributed by atoms with Gasteiger partial charge in [0, 0.05) is 13.1 Å². The number of carbonyl (C=O) groups excluding carboxylic acids is 2. The lowest BCUT2D eigenvalue weighted by Gasteiger charge is -2.00. The molecule has 0 saturated carbocycles. The zero-order chi connectivity index (χ0) is 12.0. The summed E-state index contributed by atoms with van der Waals surface area (Å²) in [4.78, 5) is 21.6. The third-order valence-electron chi connectivity index (χ3n) is 2.06. The highest BCUT2D eigenvalue weighted by Gasteiger charge is 1.99. The molecule has 84 valence electrons. The van der Waals surface area contributed by atoms with E-state index in [1.807, 2.05) is 24.3 Å². The fourth-order valence-electron chi connectivity index (χ4n) is 1.20. The monoisotopic (exact) mass is 218 g/mol. The summed E-state index contributed by atoms with van der Waals surface area (Å²) < 4.78 is 0. The van der Waals surface area contributed by atoms with Crippen molar-refractivity contribution in [1.82, 2.24) is 5.32 Å². The molecule has 0 aliphatic carbocycles. The molecule has 16 heavy (non-hydrogen) atoms. The number of nitrogens with two attached hydrogens (primary N) is 1. The minimum atomic E-state index is -0.477. The Morgan fingerprint density at radius 2 is 1.94 bits per heavy atom. The van der Waals surface area contributed by atoms with Crippen molar-refractivity contribution in [2.24, 2.45) is 5.73 Å². The molecule has 1 rings (SSSR count). The minimum Gasteiger partial charge on any atom is -0.366 e. The van der Waals surface area contributed by atoms with Crippen LogP contribution in [0, 0.1) is 0 Å². The molecule has 0 aliphatic rings. The van der Waals surface area contributed by atoms with Crippen molar-refractivity contribution in [3.8, 4) is 0 Å². The summed E-state index contributed by atoms with van der Waals surface area (Å²) in [5.41, 5.74) is 6.78. The fourth-order valence-corrected chi connectivity index (χ4v) is 1.20. The molecule has 0 radical (unpaired) electrons. The zero-order valence-electron chi connectivity index (χ0n) is 9.07. The Balaban J connectivity index is 2.68. The van der Waals surface area contributed by atoms with Gasteiger partial charge >= 0.3 is 0 Å². The highest BCUT2D eigenvalue weighted by Crippen LogP contribution is 2.06. The van der Waals surface area contributed by atoms with Gasteiger partial charge in [-0.3, -0.25) is 9.59 Å². The molecule has 3 N–H and O–H groups in total. The zero-order valence-corrected chi connectivity index (χ0v) is 9.07. The molecule has 0 bridgehead atoms. The number of primary amides is 1.